The van der Waals surface area contributed by atoms with E-state index in [1.807, 2.05) is 127 Å². The van der Waals surface area contributed by atoms with Crippen LogP contribution in [-0.2, 0) is 0 Å². The van der Waals surface area contributed by atoms with Crippen LogP contribution in [0.15, 0.2) is 140 Å². The summed E-state index contributed by atoms with van der Waals surface area (Å²) in [6.07, 6.45) is 0. The van der Waals surface area contributed by atoms with Gasteiger partial charge in [-0.1, -0.05) is 145 Å². The molecule has 0 heterocycles. The SMILES string of the molecule is Cc1ccccc1.c1ccccc1.c1ccccc1.c1ccccc1. The lowest BCUT2D eigenvalue weighted by molar-refractivity contribution is 1.48. The van der Waals surface area contributed by atoms with Crippen molar-refractivity contribution < 1.29 is 0 Å². The Hall–Kier alpha value is -3.12. The lowest BCUT2D eigenvalue weighted by atomic mass is 10.2. The molecule has 4 rings (SSSR count). The maximum Gasteiger partial charge on any atom is -0.0398 e. The molecule has 0 fully saturated rings. The van der Waals surface area contributed by atoms with Gasteiger partial charge in [-0.25, -0.2) is 0 Å². The Bertz CT molecular complexity index is 534. The molecule has 126 valence electrons. The first-order chi connectivity index (χ1) is 12.4. The first-order valence-corrected chi connectivity index (χ1v) is 8.41. The molecule has 0 amide bonds. The molecular weight excluding hydrogens is 300 g/mol. The molecule has 4 aromatic rings. The molecule has 0 bridgehead atoms. The average Bonchev–Trinajstić information content (AvgIpc) is 2.74. The van der Waals surface area contributed by atoms with E-state index in [9.17, 15) is 0 Å². The third-order valence-corrected chi connectivity index (χ3v) is 2.94. The van der Waals surface area contributed by atoms with Crippen LogP contribution in [0.4, 0.5) is 0 Å². The fourth-order valence-electron chi connectivity index (χ4n) is 1.69. The van der Waals surface area contributed by atoms with Gasteiger partial charge >= 0.3 is 0 Å². The predicted molar refractivity (Wildman–Crippen MR) is 111 cm³/mol. The fourth-order valence-corrected chi connectivity index (χ4v) is 1.69. The van der Waals surface area contributed by atoms with Gasteiger partial charge in [0.2, 0.25) is 0 Å². The van der Waals surface area contributed by atoms with E-state index in [1.165, 1.54) is 5.56 Å². The molecule has 25 heavy (non-hydrogen) atoms. The van der Waals surface area contributed by atoms with Crippen molar-refractivity contribution in [2.75, 3.05) is 0 Å². The van der Waals surface area contributed by atoms with Crippen molar-refractivity contribution in [3.63, 3.8) is 0 Å². The molecule has 4 aromatic carbocycles. The second kappa shape index (κ2) is 15.8. The Morgan fingerprint density at radius 2 is 0.440 bits per heavy atom. The second-order valence-electron chi connectivity index (χ2n) is 5.12. The molecule has 0 aliphatic heterocycles. The van der Waals surface area contributed by atoms with Gasteiger partial charge in [-0.2, -0.15) is 0 Å². The monoisotopic (exact) mass is 326 g/mol. The molecule has 0 saturated heterocycles. The van der Waals surface area contributed by atoms with Crippen LogP contribution in [0.3, 0.4) is 0 Å². The highest BCUT2D eigenvalue weighted by atomic mass is 13.8. The summed E-state index contributed by atoms with van der Waals surface area (Å²) in [5, 5.41) is 0. The number of hydrogen-bond donors (Lipinski definition) is 0. The highest BCUT2D eigenvalue weighted by Crippen LogP contribution is 1.92. The Kier molecular flexibility index (Phi) is 12.6. The van der Waals surface area contributed by atoms with Gasteiger partial charge in [-0.05, 0) is 6.92 Å². The Morgan fingerprint density at radius 3 is 0.560 bits per heavy atom. The van der Waals surface area contributed by atoms with Crippen LogP contribution >= 0.6 is 0 Å². The summed E-state index contributed by atoms with van der Waals surface area (Å²) in [6.45, 7) is 2.08. The van der Waals surface area contributed by atoms with Crippen molar-refractivity contribution in [3.05, 3.63) is 145 Å². The Balaban J connectivity index is 0.000000167. The van der Waals surface area contributed by atoms with Gasteiger partial charge in [0.15, 0.2) is 0 Å². The molecule has 0 nitrogen and oxygen atoms in total. The molecule has 0 saturated carbocycles. The molecule has 0 atom stereocenters. The number of hydrogen-bond acceptors (Lipinski definition) is 0. The van der Waals surface area contributed by atoms with Crippen LogP contribution in [0.5, 0.6) is 0 Å². The minimum absolute atomic E-state index is 1.32. The summed E-state index contributed by atoms with van der Waals surface area (Å²) in [4.78, 5) is 0. The van der Waals surface area contributed by atoms with Crippen LogP contribution in [0, 0.1) is 6.92 Å². The molecule has 0 aromatic heterocycles. The van der Waals surface area contributed by atoms with Gasteiger partial charge in [-0.3, -0.25) is 0 Å². The van der Waals surface area contributed by atoms with E-state index in [1.54, 1.807) is 0 Å². The van der Waals surface area contributed by atoms with Crippen molar-refractivity contribution in [2.24, 2.45) is 0 Å². The van der Waals surface area contributed by atoms with Crippen LogP contribution in [0.2, 0.25) is 0 Å². The summed E-state index contributed by atoms with van der Waals surface area (Å²) < 4.78 is 0. The standard InChI is InChI=1S/C7H8.3C6H6/c1-7-5-3-2-4-6-7;3*1-2-4-6-5-3-1/h2-6H,1H3;3*1-6H. The Labute approximate surface area is 152 Å². The second-order valence-corrected chi connectivity index (χ2v) is 5.12. The molecule has 0 N–H and O–H groups in total. The fraction of sp³-hybridized carbons (Fsp3) is 0.0400. The van der Waals surface area contributed by atoms with Crippen LogP contribution in [0.1, 0.15) is 5.56 Å². The van der Waals surface area contributed by atoms with Crippen molar-refractivity contribution in [1.29, 1.82) is 0 Å². The first-order valence-electron chi connectivity index (χ1n) is 8.41. The van der Waals surface area contributed by atoms with E-state index in [2.05, 4.69) is 19.1 Å². The smallest absolute Gasteiger partial charge is 0.0398 e. The summed E-state index contributed by atoms with van der Waals surface area (Å²) in [6, 6.07) is 46.3. The summed E-state index contributed by atoms with van der Waals surface area (Å²) >= 11 is 0. The molecular formula is C25H26. The van der Waals surface area contributed by atoms with Gasteiger partial charge in [0.1, 0.15) is 0 Å². The van der Waals surface area contributed by atoms with Crippen molar-refractivity contribution in [2.45, 2.75) is 6.92 Å². The molecule has 0 unspecified atom stereocenters. The van der Waals surface area contributed by atoms with E-state index in [-0.39, 0.29) is 0 Å². The number of benzene rings is 4. The van der Waals surface area contributed by atoms with Crippen molar-refractivity contribution in [1.82, 2.24) is 0 Å². The molecule has 0 aliphatic rings. The largest absolute Gasteiger partial charge is 0.0623 e. The van der Waals surface area contributed by atoms with Crippen LogP contribution in [-0.4, -0.2) is 0 Å². The lowest BCUT2D eigenvalue weighted by Crippen LogP contribution is -1.62. The predicted octanol–water partition coefficient (Wildman–Crippen LogP) is 7.05. The normalized spacial score (nSPS) is 8.20. The highest BCUT2D eigenvalue weighted by molar-refractivity contribution is 5.11. The van der Waals surface area contributed by atoms with E-state index in [0.29, 0.717) is 0 Å². The van der Waals surface area contributed by atoms with Gasteiger partial charge in [-0.15, -0.1) is 0 Å². The van der Waals surface area contributed by atoms with Gasteiger partial charge < -0.3 is 0 Å². The first kappa shape index (κ1) is 19.9. The maximum absolute atomic E-state index is 2.08. The van der Waals surface area contributed by atoms with Gasteiger partial charge in [0, 0.05) is 0 Å². The zero-order valence-electron chi connectivity index (χ0n) is 14.8. The summed E-state index contributed by atoms with van der Waals surface area (Å²) in [5.41, 5.74) is 1.32. The quantitative estimate of drug-likeness (QED) is 0.324. The molecule has 0 heteroatoms. The summed E-state index contributed by atoms with van der Waals surface area (Å²) in [7, 11) is 0. The van der Waals surface area contributed by atoms with Crippen molar-refractivity contribution in [3.8, 4) is 0 Å². The van der Waals surface area contributed by atoms with Gasteiger partial charge in [0.05, 0.1) is 0 Å². The van der Waals surface area contributed by atoms with E-state index >= 15 is 0 Å². The number of rotatable bonds is 0. The molecule has 0 aliphatic carbocycles. The third-order valence-electron chi connectivity index (χ3n) is 2.94. The van der Waals surface area contributed by atoms with E-state index in [4.69, 9.17) is 0 Å². The Morgan fingerprint density at radius 1 is 0.280 bits per heavy atom. The van der Waals surface area contributed by atoms with Crippen LogP contribution < -0.4 is 0 Å². The summed E-state index contributed by atoms with van der Waals surface area (Å²) in [5.74, 6) is 0. The zero-order chi connectivity index (χ0) is 17.8. The minimum Gasteiger partial charge on any atom is -0.0623 e. The number of aryl methyl sites for hydroxylation is 1. The maximum atomic E-state index is 2.08. The lowest BCUT2D eigenvalue weighted by Gasteiger charge is -1.82. The average molecular weight is 326 g/mol. The van der Waals surface area contributed by atoms with Crippen LogP contribution in [0.25, 0.3) is 0 Å². The highest BCUT2D eigenvalue weighted by Gasteiger charge is 1.72. The van der Waals surface area contributed by atoms with Gasteiger partial charge in [0.25, 0.3) is 0 Å². The van der Waals surface area contributed by atoms with E-state index in [0.717, 1.165) is 0 Å². The topological polar surface area (TPSA) is 0 Å². The van der Waals surface area contributed by atoms with E-state index < -0.39 is 0 Å². The molecule has 0 radical (unpaired) electrons. The zero-order valence-corrected chi connectivity index (χ0v) is 14.8. The molecule has 0 spiro atoms. The third kappa shape index (κ3) is 14.2. The minimum atomic E-state index is 1.32. The van der Waals surface area contributed by atoms with Crippen molar-refractivity contribution >= 4 is 0 Å².